The van der Waals surface area contributed by atoms with Crippen molar-refractivity contribution in [3.8, 4) is 11.1 Å². The van der Waals surface area contributed by atoms with Gasteiger partial charge >= 0.3 is 5.97 Å². The molecule has 0 aliphatic heterocycles. The molecule has 0 saturated carbocycles. The Morgan fingerprint density at radius 3 is 2.18 bits per heavy atom. The van der Waals surface area contributed by atoms with Crippen LogP contribution in [0.2, 0.25) is 0 Å². The van der Waals surface area contributed by atoms with Crippen LogP contribution in [-0.4, -0.2) is 11.1 Å². The second-order valence-corrected chi connectivity index (χ2v) is 3.58. The monoisotopic (exact) mass is 223 g/mol. The molecule has 0 fully saturated rings. The SMILES string of the molecule is O=C(O)C=Cc1ccc(-c2cc[c]cc2)cc1. The smallest absolute Gasteiger partial charge is 0.328 e. The molecule has 2 aromatic carbocycles. The van der Waals surface area contributed by atoms with Gasteiger partial charge in [0, 0.05) is 6.08 Å². The molecule has 0 spiro atoms. The Bertz CT molecular complexity index is 525. The average molecular weight is 223 g/mol. The van der Waals surface area contributed by atoms with Gasteiger partial charge in [0.05, 0.1) is 0 Å². The highest BCUT2D eigenvalue weighted by molar-refractivity contribution is 5.85. The first-order chi connectivity index (χ1) is 8.25. The number of aliphatic carboxylic acids is 1. The highest BCUT2D eigenvalue weighted by Crippen LogP contribution is 2.19. The van der Waals surface area contributed by atoms with E-state index in [0.717, 1.165) is 22.8 Å². The zero-order valence-corrected chi connectivity index (χ0v) is 9.13. The molecule has 0 saturated heterocycles. The summed E-state index contributed by atoms with van der Waals surface area (Å²) >= 11 is 0. The van der Waals surface area contributed by atoms with Crippen molar-refractivity contribution >= 4 is 12.0 Å². The molecule has 0 aliphatic rings. The fourth-order valence-corrected chi connectivity index (χ4v) is 1.53. The van der Waals surface area contributed by atoms with Crippen molar-refractivity contribution in [2.24, 2.45) is 0 Å². The van der Waals surface area contributed by atoms with Crippen LogP contribution in [0.5, 0.6) is 0 Å². The van der Waals surface area contributed by atoms with E-state index in [1.807, 2.05) is 48.5 Å². The third kappa shape index (κ3) is 3.05. The molecule has 0 unspecified atom stereocenters. The zero-order valence-electron chi connectivity index (χ0n) is 9.13. The summed E-state index contributed by atoms with van der Waals surface area (Å²) in [6, 6.07) is 18.4. The Kier molecular flexibility index (Phi) is 3.36. The molecule has 2 heteroatoms. The molecule has 1 radical (unpaired) electrons. The molecule has 0 atom stereocenters. The molecule has 0 aliphatic carbocycles. The fourth-order valence-electron chi connectivity index (χ4n) is 1.53. The standard InChI is InChI=1S/C15H11O2/c16-15(17)11-8-12-6-9-14(10-7-12)13-4-2-1-3-5-13/h2-11H,(H,16,17). The van der Waals surface area contributed by atoms with Crippen molar-refractivity contribution in [2.45, 2.75) is 0 Å². The topological polar surface area (TPSA) is 37.3 Å². The lowest BCUT2D eigenvalue weighted by Gasteiger charge is -2.01. The van der Waals surface area contributed by atoms with Gasteiger partial charge in [-0.25, -0.2) is 4.79 Å². The Balaban J connectivity index is 2.22. The van der Waals surface area contributed by atoms with E-state index in [-0.39, 0.29) is 0 Å². The van der Waals surface area contributed by atoms with E-state index in [1.54, 1.807) is 6.08 Å². The van der Waals surface area contributed by atoms with E-state index in [9.17, 15) is 4.79 Å². The molecule has 83 valence electrons. The second kappa shape index (κ2) is 5.12. The van der Waals surface area contributed by atoms with Gasteiger partial charge in [0.1, 0.15) is 0 Å². The average Bonchev–Trinajstić information content (AvgIpc) is 2.38. The van der Waals surface area contributed by atoms with E-state index in [1.165, 1.54) is 0 Å². The molecule has 2 rings (SSSR count). The summed E-state index contributed by atoms with van der Waals surface area (Å²) < 4.78 is 0. The van der Waals surface area contributed by atoms with Crippen LogP contribution in [0, 0.1) is 6.07 Å². The van der Waals surface area contributed by atoms with Crippen LogP contribution in [0.3, 0.4) is 0 Å². The minimum absolute atomic E-state index is 0.874. The van der Waals surface area contributed by atoms with Crippen molar-refractivity contribution < 1.29 is 9.90 Å². The van der Waals surface area contributed by atoms with E-state index >= 15 is 0 Å². The molecule has 2 nitrogen and oxygen atoms in total. The first kappa shape index (κ1) is 11.1. The molecule has 17 heavy (non-hydrogen) atoms. The summed E-state index contributed by atoms with van der Waals surface area (Å²) in [4.78, 5) is 10.4. The van der Waals surface area contributed by atoms with E-state index in [2.05, 4.69) is 6.07 Å². The maximum atomic E-state index is 10.4. The Morgan fingerprint density at radius 2 is 1.59 bits per heavy atom. The number of rotatable bonds is 3. The number of benzene rings is 2. The maximum absolute atomic E-state index is 10.4. The first-order valence-electron chi connectivity index (χ1n) is 5.23. The molecule has 0 bridgehead atoms. The summed E-state index contributed by atoms with van der Waals surface area (Å²) in [7, 11) is 0. The largest absolute Gasteiger partial charge is 0.478 e. The number of hydrogen-bond acceptors (Lipinski definition) is 1. The fraction of sp³-hybridized carbons (Fsp3) is 0. The van der Waals surface area contributed by atoms with Gasteiger partial charge in [-0.1, -0.05) is 48.5 Å². The Hall–Kier alpha value is -2.35. The minimum Gasteiger partial charge on any atom is -0.478 e. The highest BCUT2D eigenvalue weighted by atomic mass is 16.4. The van der Waals surface area contributed by atoms with Crippen LogP contribution in [-0.2, 0) is 4.79 Å². The predicted molar refractivity (Wildman–Crippen MR) is 67.4 cm³/mol. The van der Waals surface area contributed by atoms with Crippen molar-refractivity contribution in [2.75, 3.05) is 0 Å². The van der Waals surface area contributed by atoms with Crippen LogP contribution >= 0.6 is 0 Å². The van der Waals surface area contributed by atoms with Crippen molar-refractivity contribution in [3.05, 3.63) is 66.2 Å². The van der Waals surface area contributed by atoms with Crippen LogP contribution < -0.4 is 0 Å². The van der Waals surface area contributed by atoms with E-state index in [4.69, 9.17) is 5.11 Å². The second-order valence-electron chi connectivity index (χ2n) is 3.58. The number of carboxylic acids is 1. The summed E-state index contributed by atoms with van der Waals surface area (Å²) in [5, 5.41) is 8.52. The molecule has 0 heterocycles. The summed E-state index contributed by atoms with van der Waals surface area (Å²) in [6.07, 6.45) is 2.71. The van der Waals surface area contributed by atoms with Crippen molar-refractivity contribution in [1.29, 1.82) is 0 Å². The van der Waals surface area contributed by atoms with Gasteiger partial charge < -0.3 is 5.11 Å². The van der Waals surface area contributed by atoms with Crippen LogP contribution in [0.4, 0.5) is 0 Å². The predicted octanol–water partition coefficient (Wildman–Crippen LogP) is 3.25. The third-order valence-corrected chi connectivity index (χ3v) is 2.38. The van der Waals surface area contributed by atoms with Gasteiger partial charge in [-0.15, -0.1) is 0 Å². The van der Waals surface area contributed by atoms with E-state index < -0.39 is 5.97 Å². The minimum atomic E-state index is -0.937. The molecule has 1 N–H and O–H groups in total. The molecule has 0 amide bonds. The summed E-state index contributed by atoms with van der Waals surface area (Å²) in [5.74, 6) is -0.937. The normalized spacial score (nSPS) is 10.6. The first-order valence-corrected chi connectivity index (χ1v) is 5.23. The number of carbonyl (C=O) groups is 1. The van der Waals surface area contributed by atoms with Crippen LogP contribution in [0.25, 0.3) is 17.2 Å². The lowest BCUT2D eigenvalue weighted by atomic mass is 10.0. The molecular weight excluding hydrogens is 212 g/mol. The summed E-state index contributed by atoms with van der Waals surface area (Å²) in [5.41, 5.74) is 3.10. The Labute approximate surface area is 99.8 Å². The van der Waals surface area contributed by atoms with Crippen molar-refractivity contribution in [3.63, 3.8) is 0 Å². The molecule has 2 aromatic rings. The van der Waals surface area contributed by atoms with Gasteiger partial charge in [-0.05, 0) is 28.8 Å². The third-order valence-electron chi connectivity index (χ3n) is 2.38. The maximum Gasteiger partial charge on any atom is 0.328 e. The highest BCUT2D eigenvalue weighted by Gasteiger charge is 1.96. The lowest BCUT2D eigenvalue weighted by molar-refractivity contribution is -0.131. The molecular formula is C15H11O2. The van der Waals surface area contributed by atoms with Gasteiger partial charge in [-0.3, -0.25) is 0 Å². The van der Waals surface area contributed by atoms with Gasteiger partial charge in [0.2, 0.25) is 0 Å². The van der Waals surface area contributed by atoms with E-state index in [0.29, 0.717) is 0 Å². The quantitative estimate of drug-likeness (QED) is 0.811. The number of hydrogen-bond donors (Lipinski definition) is 1. The number of carboxylic acid groups (broad SMARTS) is 1. The van der Waals surface area contributed by atoms with Crippen LogP contribution in [0.15, 0.2) is 54.6 Å². The van der Waals surface area contributed by atoms with Gasteiger partial charge in [-0.2, -0.15) is 0 Å². The van der Waals surface area contributed by atoms with Gasteiger partial charge in [0.15, 0.2) is 0 Å². The van der Waals surface area contributed by atoms with Crippen LogP contribution in [0.1, 0.15) is 5.56 Å². The summed E-state index contributed by atoms with van der Waals surface area (Å²) in [6.45, 7) is 0. The Morgan fingerprint density at radius 1 is 1.00 bits per heavy atom. The molecule has 0 aromatic heterocycles. The zero-order chi connectivity index (χ0) is 12.1. The van der Waals surface area contributed by atoms with Crippen molar-refractivity contribution in [1.82, 2.24) is 0 Å². The van der Waals surface area contributed by atoms with Gasteiger partial charge in [0.25, 0.3) is 0 Å². The lowest BCUT2D eigenvalue weighted by Crippen LogP contribution is -1.85.